The number of phenolic OH excluding ortho intramolecular Hbond substituents is 1. The second-order valence-corrected chi connectivity index (χ2v) is 9.54. The fourth-order valence-electron chi connectivity index (χ4n) is 3.49. The van der Waals surface area contributed by atoms with Crippen molar-refractivity contribution in [1.29, 1.82) is 0 Å². The summed E-state index contributed by atoms with van der Waals surface area (Å²) in [6, 6.07) is 10.5. The Morgan fingerprint density at radius 3 is 2.34 bits per heavy atom. The zero-order valence-corrected chi connectivity index (χ0v) is 18.7. The Morgan fingerprint density at radius 2 is 1.78 bits per heavy atom. The molecular weight excluding hydrogens is 436 g/mol. The smallest absolute Gasteiger partial charge is 0.295 e. The number of nitrogens with zero attached hydrogens (tertiary/aromatic N) is 2. The van der Waals surface area contributed by atoms with Crippen LogP contribution in [0.5, 0.6) is 5.75 Å². The van der Waals surface area contributed by atoms with Gasteiger partial charge in [0.1, 0.15) is 11.5 Å². The molecule has 0 spiro atoms. The van der Waals surface area contributed by atoms with Crippen LogP contribution in [0.3, 0.4) is 0 Å². The van der Waals surface area contributed by atoms with Gasteiger partial charge in [0.25, 0.3) is 11.7 Å². The molecule has 170 valence electrons. The van der Waals surface area contributed by atoms with Crippen LogP contribution >= 0.6 is 0 Å². The first-order chi connectivity index (χ1) is 15.1. The van der Waals surface area contributed by atoms with Gasteiger partial charge in [-0.3, -0.25) is 9.59 Å². The monoisotopic (exact) mass is 460 g/mol. The number of amides is 1. The van der Waals surface area contributed by atoms with E-state index in [9.17, 15) is 28.2 Å². The third-order valence-corrected chi connectivity index (χ3v) is 7.00. The van der Waals surface area contributed by atoms with Crippen LogP contribution in [0.25, 0.3) is 5.76 Å². The third-order valence-electron chi connectivity index (χ3n) is 5.17. The molecule has 2 N–H and O–H groups in total. The number of phenols is 1. The maximum absolute atomic E-state index is 12.9. The highest BCUT2D eigenvalue weighted by atomic mass is 32.2. The number of Topliss-reactive ketones (excluding diaryl/α,β-unsaturated/α-hetero) is 1. The Balaban J connectivity index is 2.13. The van der Waals surface area contributed by atoms with E-state index in [1.54, 1.807) is 12.1 Å². The van der Waals surface area contributed by atoms with Crippen LogP contribution in [0.15, 0.2) is 59.0 Å². The van der Waals surface area contributed by atoms with Gasteiger partial charge in [-0.25, -0.2) is 12.7 Å². The van der Waals surface area contributed by atoms with Crippen molar-refractivity contribution >= 4 is 27.5 Å². The molecule has 32 heavy (non-hydrogen) atoms. The van der Waals surface area contributed by atoms with Crippen LogP contribution in [0, 0.1) is 0 Å². The van der Waals surface area contributed by atoms with E-state index in [1.807, 2.05) is 0 Å². The second kappa shape index (κ2) is 9.11. The van der Waals surface area contributed by atoms with Crippen molar-refractivity contribution in [2.24, 2.45) is 0 Å². The van der Waals surface area contributed by atoms with Gasteiger partial charge in [-0.2, -0.15) is 0 Å². The van der Waals surface area contributed by atoms with E-state index in [-0.39, 0.29) is 34.9 Å². The number of ether oxygens (including phenoxy) is 1. The standard InChI is InChI=1S/C22H24N2O7S/c1-23(2)32(29,30)17-9-7-14(8-10-17)20(26)18-19(15-5-4-6-16(25)13-15)24(11-12-31-3)22(28)21(18)27/h4-10,13,19,25-26H,11-12H2,1-3H3/b20-18+/t19-/m0/s1. The van der Waals surface area contributed by atoms with E-state index in [0.29, 0.717) is 5.56 Å². The number of methoxy groups -OCH3 is 1. The Morgan fingerprint density at radius 1 is 1.12 bits per heavy atom. The fourth-order valence-corrected chi connectivity index (χ4v) is 4.39. The van der Waals surface area contributed by atoms with Gasteiger partial charge in [0.05, 0.1) is 23.1 Å². The third kappa shape index (κ3) is 4.24. The minimum atomic E-state index is -3.67. The van der Waals surface area contributed by atoms with E-state index in [0.717, 1.165) is 4.31 Å². The first-order valence-electron chi connectivity index (χ1n) is 9.68. The van der Waals surface area contributed by atoms with Gasteiger partial charge >= 0.3 is 0 Å². The summed E-state index contributed by atoms with van der Waals surface area (Å²) in [4.78, 5) is 26.9. The van der Waals surface area contributed by atoms with Gasteiger partial charge in [0, 0.05) is 33.3 Å². The molecule has 1 aliphatic heterocycles. The molecule has 1 heterocycles. The van der Waals surface area contributed by atoms with Gasteiger partial charge in [0.2, 0.25) is 10.0 Å². The molecule has 0 aliphatic carbocycles. The Kier molecular flexibility index (Phi) is 6.68. The SMILES string of the molecule is COCCN1C(=O)C(=O)/C(=C(/O)c2ccc(S(=O)(=O)N(C)C)cc2)[C@@H]1c1cccc(O)c1. The normalized spacial score (nSPS) is 18.5. The molecule has 0 saturated carbocycles. The van der Waals surface area contributed by atoms with Crippen LogP contribution in [0.2, 0.25) is 0 Å². The molecule has 1 atom stereocenters. The summed E-state index contributed by atoms with van der Waals surface area (Å²) in [6.45, 7) is 0.262. The molecule has 1 amide bonds. The molecule has 9 nitrogen and oxygen atoms in total. The van der Waals surface area contributed by atoms with Crippen molar-refractivity contribution in [1.82, 2.24) is 9.21 Å². The number of hydrogen-bond donors (Lipinski definition) is 2. The summed E-state index contributed by atoms with van der Waals surface area (Å²) in [5.41, 5.74) is 0.464. The average molecular weight is 461 g/mol. The number of carbonyl (C=O) groups excluding carboxylic acids is 2. The van der Waals surface area contributed by atoms with Crippen molar-refractivity contribution in [3.05, 3.63) is 65.2 Å². The maximum atomic E-state index is 12.9. The molecule has 2 aromatic carbocycles. The number of sulfonamides is 1. The number of likely N-dealkylation sites (tertiary alicyclic amines) is 1. The number of benzene rings is 2. The first-order valence-corrected chi connectivity index (χ1v) is 11.1. The summed E-state index contributed by atoms with van der Waals surface area (Å²) in [7, 11) is 0.596. The highest BCUT2D eigenvalue weighted by Crippen LogP contribution is 2.40. The minimum Gasteiger partial charge on any atom is -0.508 e. The van der Waals surface area contributed by atoms with Crippen molar-refractivity contribution in [2.45, 2.75) is 10.9 Å². The van der Waals surface area contributed by atoms with E-state index in [2.05, 4.69) is 0 Å². The zero-order chi connectivity index (χ0) is 23.6. The number of rotatable bonds is 7. The summed E-state index contributed by atoms with van der Waals surface area (Å²) in [5.74, 6) is -2.18. The molecule has 2 aromatic rings. The number of carbonyl (C=O) groups is 2. The topological polar surface area (TPSA) is 124 Å². The van der Waals surface area contributed by atoms with Gasteiger partial charge in [-0.05, 0) is 42.0 Å². The molecule has 0 radical (unpaired) electrons. The lowest BCUT2D eigenvalue weighted by molar-refractivity contribution is -0.140. The molecule has 1 saturated heterocycles. The molecule has 1 aliphatic rings. The Hall–Kier alpha value is -3.21. The highest BCUT2D eigenvalue weighted by molar-refractivity contribution is 7.89. The molecule has 3 rings (SSSR count). The van der Waals surface area contributed by atoms with Crippen LogP contribution in [-0.2, 0) is 24.3 Å². The lowest BCUT2D eigenvalue weighted by Crippen LogP contribution is -2.32. The molecule has 0 unspecified atom stereocenters. The fraction of sp³-hybridized carbons (Fsp3) is 0.273. The molecule has 0 bridgehead atoms. The highest BCUT2D eigenvalue weighted by Gasteiger charge is 2.46. The number of aliphatic hydroxyl groups excluding tert-OH is 1. The van der Waals surface area contributed by atoms with Crippen molar-refractivity contribution < 1.29 is 33.0 Å². The molecule has 1 fully saturated rings. The van der Waals surface area contributed by atoms with E-state index >= 15 is 0 Å². The summed E-state index contributed by atoms with van der Waals surface area (Å²) in [5, 5.41) is 20.9. The Bertz CT molecular complexity index is 1170. The molecular formula is C22H24N2O7S. The van der Waals surface area contributed by atoms with Crippen LogP contribution in [0.4, 0.5) is 0 Å². The summed E-state index contributed by atoms with van der Waals surface area (Å²) < 4.78 is 30.7. The largest absolute Gasteiger partial charge is 0.508 e. The second-order valence-electron chi connectivity index (χ2n) is 7.39. The van der Waals surface area contributed by atoms with E-state index in [1.165, 1.54) is 62.5 Å². The van der Waals surface area contributed by atoms with Crippen molar-refractivity contribution in [3.8, 4) is 5.75 Å². The maximum Gasteiger partial charge on any atom is 0.295 e. The Labute approximate surface area is 186 Å². The van der Waals surface area contributed by atoms with Crippen molar-refractivity contribution in [2.75, 3.05) is 34.4 Å². The quantitative estimate of drug-likeness (QED) is 0.366. The number of hydrogen-bond acceptors (Lipinski definition) is 7. The number of aromatic hydroxyl groups is 1. The van der Waals surface area contributed by atoms with Gasteiger partial charge in [-0.15, -0.1) is 0 Å². The van der Waals surface area contributed by atoms with E-state index in [4.69, 9.17) is 4.74 Å². The van der Waals surface area contributed by atoms with Gasteiger partial charge in [-0.1, -0.05) is 12.1 Å². The lowest BCUT2D eigenvalue weighted by Gasteiger charge is -2.25. The summed E-state index contributed by atoms with van der Waals surface area (Å²) >= 11 is 0. The summed E-state index contributed by atoms with van der Waals surface area (Å²) in [6.07, 6.45) is 0. The number of aliphatic hydroxyl groups is 1. The number of ketones is 1. The first kappa shape index (κ1) is 23.5. The van der Waals surface area contributed by atoms with E-state index < -0.39 is 33.5 Å². The van der Waals surface area contributed by atoms with Crippen LogP contribution < -0.4 is 0 Å². The van der Waals surface area contributed by atoms with Crippen LogP contribution in [-0.4, -0.2) is 73.9 Å². The average Bonchev–Trinajstić information content (AvgIpc) is 3.02. The van der Waals surface area contributed by atoms with Crippen LogP contribution in [0.1, 0.15) is 17.2 Å². The minimum absolute atomic E-state index is 0.0177. The van der Waals surface area contributed by atoms with Gasteiger partial charge in [0.15, 0.2) is 0 Å². The molecule has 10 heteroatoms. The molecule has 0 aromatic heterocycles. The predicted molar refractivity (Wildman–Crippen MR) is 116 cm³/mol. The van der Waals surface area contributed by atoms with Crippen molar-refractivity contribution in [3.63, 3.8) is 0 Å². The predicted octanol–water partition coefficient (Wildman–Crippen LogP) is 1.71. The lowest BCUT2D eigenvalue weighted by atomic mass is 9.95. The zero-order valence-electron chi connectivity index (χ0n) is 17.8. The van der Waals surface area contributed by atoms with Gasteiger partial charge < -0.3 is 19.8 Å².